The van der Waals surface area contributed by atoms with Crippen LogP contribution in [0.4, 0.5) is 0 Å². The molecule has 1 heterocycles. The quantitative estimate of drug-likeness (QED) is 0.569. The molecule has 3 atom stereocenters. The summed E-state index contributed by atoms with van der Waals surface area (Å²) in [6.07, 6.45) is 1.71. The fraction of sp³-hybridized carbons (Fsp3) is 0.882. The van der Waals surface area contributed by atoms with Crippen LogP contribution in [0.1, 0.15) is 33.6 Å². The Kier molecular flexibility index (Phi) is 12.0. The minimum atomic E-state index is -0.428. The Morgan fingerprint density at radius 3 is 2.32 bits per heavy atom. The molecule has 0 aromatic rings. The van der Waals surface area contributed by atoms with Crippen molar-refractivity contribution in [1.82, 2.24) is 15.1 Å². The SMILES string of the molecule is CCC(C)C(N)C(=O)N1CCN(C(C)C(=O)NCCCOC)CC1.Cl. The molecule has 1 aliphatic rings. The van der Waals surface area contributed by atoms with E-state index in [-0.39, 0.29) is 36.2 Å². The van der Waals surface area contributed by atoms with Gasteiger partial charge in [0, 0.05) is 46.4 Å². The Hall–Kier alpha value is -0.890. The van der Waals surface area contributed by atoms with Gasteiger partial charge in [0.2, 0.25) is 11.8 Å². The van der Waals surface area contributed by atoms with Gasteiger partial charge in [0.15, 0.2) is 0 Å². The number of hydrogen-bond donors (Lipinski definition) is 2. The van der Waals surface area contributed by atoms with E-state index in [2.05, 4.69) is 10.2 Å². The van der Waals surface area contributed by atoms with E-state index in [9.17, 15) is 9.59 Å². The molecule has 2 amide bonds. The molecule has 3 N–H and O–H groups in total. The summed E-state index contributed by atoms with van der Waals surface area (Å²) in [7, 11) is 1.65. The lowest BCUT2D eigenvalue weighted by molar-refractivity contribution is -0.136. The third-order valence-corrected chi connectivity index (χ3v) is 4.92. The maximum absolute atomic E-state index is 12.4. The molecule has 7 nitrogen and oxygen atoms in total. The average molecular weight is 379 g/mol. The molecule has 148 valence electrons. The normalized spacial score (nSPS) is 18.8. The van der Waals surface area contributed by atoms with Crippen LogP contribution in [0.3, 0.4) is 0 Å². The van der Waals surface area contributed by atoms with Gasteiger partial charge < -0.3 is 20.7 Å². The van der Waals surface area contributed by atoms with Crippen molar-refractivity contribution in [2.75, 3.05) is 46.4 Å². The fourth-order valence-corrected chi connectivity index (χ4v) is 2.78. The third-order valence-electron chi connectivity index (χ3n) is 4.92. The first-order valence-electron chi connectivity index (χ1n) is 8.97. The molecule has 0 bridgehead atoms. The number of ether oxygens (including phenoxy) is 1. The molecular formula is C17H35ClN4O3. The van der Waals surface area contributed by atoms with Crippen LogP contribution < -0.4 is 11.1 Å². The van der Waals surface area contributed by atoms with Crippen LogP contribution in [-0.4, -0.2) is 80.1 Å². The molecule has 0 aromatic carbocycles. The van der Waals surface area contributed by atoms with Crippen LogP contribution in [0.25, 0.3) is 0 Å². The van der Waals surface area contributed by atoms with Gasteiger partial charge in [-0.1, -0.05) is 20.3 Å². The van der Waals surface area contributed by atoms with E-state index in [1.54, 1.807) is 7.11 Å². The molecule has 0 saturated carbocycles. The number of amides is 2. The first-order valence-corrected chi connectivity index (χ1v) is 8.97. The highest BCUT2D eigenvalue weighted by molar-refractivity contribution is 5.85. The molecule has 25 heavy (non-hydrogen) atoms. The maximum atomic E-state index is 12.4. The second-order valence-electron chi connectivity index (χ2n) is 6.59. The topological polar surface area (TPSA) is 87.9 Å². The van der Waals surface area contributed by atoms with Gasteiger partial charge in [-0.05, 0) is 19.3 Å². The predicted molar refractivity (Wildman–Crippen MR) is 102 cm³/mol. The molecule has 0 spiro atoms. The molecule has 0 aromatic heterocycles. The van der Waals surface area contributed by atoms with Gasteiger partial charge in [0.05, 0.1) is 12.1 Å². The third kappa shape index (κ3) is 7.48. The lowest BCUT2D eigenvalue weighted by Crippen LogP contribution is -2.58. The standard InChI is InChI=1S/C17H34N4O3.ClH/c1-5-13(2)15(18)17(23)21-10-8-20(9-11-21)14(3)16(22)19-7-6-12-24-4;/h13-15H,5-12,18H2,1-4H3,(H,19,22);1H. The van der Waals surface area contributed by atoms with Crippen LogP contribution in [0, 0.1) is 5.92 Å². The predicted octanol–water partition coefficient (Wildman–Crippen LogP) is 0.467. The largest absolute Gasteiger partial charge is 0.385 e. The summed E-state index contributed by atoms with van der Waals surface area (Å²) in [5.74, 6) is 0.246. The summed E-state index contributed by atoms with van der Waals surface area (Å²) in [6.45, 7) is 9.89. The van der Waals surface area contributed by atoms with E-state index >= 15 is 0 Å². The van der Waals surface area contributed by atoms with Gasteiger partial charge in [-0.2, -0.15) is 0 Å². The molecule has 1 fully saturated rings. The summed E-state index contributed by atoms with van der Waals surface area (Å²) >= 11 is 0. The van der Waals surface area contributed by atoms with E-state index in [1.165, 1.54) is 0 Å². The van der Waals surface area contributed by atoms with Crippen molar-refractivity contribution in [1.29, 1.82) is 0 Å². The lowest BCUT2D eigenvalue weighted by Gasteiger charge is -2.38. The zero-order valence-corrected chi connectivity index (χ0v) is 16.8. The molecule has 1 saturated heterocycles. The van der Waals surface area contributed by atoms with E-state index in [0.717, 1.165) is 12.8 Å². The second-order valence-corrected chi connectivity index (χ2v) is 6.59. The van der Waals surface area contributed by atoms with Gasteiger partial charge in [-0.3, -0.25) is 14.5 Å². The monoisotopic (exact) mass is 378 g/mol. The number of methoxy groups -OCH3 is 1. The van der Waals surface area contributed by atoms with Crippen molar-refractivity contribution < 1.29 is 14.3 Å². The molecular weight excluding hydrogens is 344 g/mol. The lowest BCUT2D eigenvalue weighted by atomic mass is 9.98. The fourth-order valence-electron chi connectivity index (χ4n) is 2.78. The number of halogens is 1. The molecule has 3 unspecified atom stereocenters. The Morgan fingerprint density at radius 2 is 1.80 bits per heavy atom. The molecule has 8 heteroatoms. The Labute approximate surface area is 158 Å². The number of nitrogens with zero attached hydrogens (tertiary/aromatic N) is 2. The number of carbonyl (C=O) groups is 2. The van der Waals surface area contributed by atoms with Crippen molar-refractivity contribution in [3.05, 3.63) is 0 Å². The molecule has 0 aliphatic carbocycles. The van der Waals surface area contributed by atoms with Crippen molar-refractivity contribution in [3.8, 4) is 0 Å². The maximum Gasteiger partial charge on any atom is 0.239 e. The number of carbonyl (C=O) groups excluding carboxylic acids is 2. The van der Waals surface area contributed by atoms with Crippen LogP contribution in [0.5, 0.6) is 0 Å². The zero-order chi connectivity index (χ0) is 18.1. The summed E-state index contributed by atoms with van der Waals surface area (Å²) in [5, 5.41) is 2.93. The second kappa shape index (κ2) is 12.5. The Bertz CT molecular complexity index is 403. The number of nitrogens with one attached hydrogen (secondary N) is 1. The highest BCUT2D eigenvalue weighted by Crippen LogP contribution is 2.12. The summed E-state index contributed by atoms with van der Waals surface area (Å²) < 4.78 is 4.97. The Balaban J connectivity index is 0.00000576. The minimum Gasteiger partial charge on any atom is -0.385 e. The molecule has 0 radical (unpaired) electrons. The number of rotatable bonds is 9. The van der Waals surface area contributed by atoms with Crippen molar-refractivity contribution in [3.63, 3.8) is 0 Å². The van der Waals surface area contributed by atoms with E-state index in [4.69, 9.17) is 10.5 Å². The summed E-state index contributed by atoms with van der Waals surface area (Å²) in [5.41, 5.74) is 6.05. The van der Waals surface area contributed by atoms with E-state index < -0.39 is 6.04 Å². The molecule has 1 aliphatic heterocycles. The molecule has 1 rings (SSSR count). The first-order chi connectivity index (χ1) is 11.4. The minimum absolute atomic E-state index is 0. The van der Waals surface area contributed by atoms with E-state index in [0.29, 0.717) is 39.3 Å². The zero-order valence-electron chi connectivity index (χ0n) is 16.0. The number of nitrogens with two attached hydrogens (primary N) is 1. The van der Waals surface area contributed by atoms with Crippen molar-refractivity contribution in [2.45, 2.75) is 45.7 Å². The van der Waals surface area contributed by atoms with Gasteiger partial charge >= 0.3 is 0 Å². The average Bonchev–Trinajstić information content (AvgIpc) is 2.62. The van der Waals surface area contributed by atoms with Crippen molar-refractivity contribution >= 4 is 24.2 Å². The Morgan fingerprint density at radius 1 is 1.20 bits per heavy atom. The van der Waals surface area contributed by atoms with Gasteiger partial charge in [-0.25, -0.2) is 0 Å². The van der Waals surface area contributed by atoms with E-state index in [1.807, 2.05) is 25.7 Å². The smallest absolute Gasteiger partial charge is 0.239 e. The van der Waals surface area contributed by atoms with Crippen LogP contribution in [-0.2, 0) is 14.3 Å². The van der Waals surface area contributed by atoms with Crippen molar-refractivity contribution in [2.24, 2.45) is 11.7 Å². The highest BCUT2D eigenvalue weighted by Gasteiger charge is 2.30. The highest BCUT2D eigenvalue weighted by atomic mass is 35.5. The van der Waals surface area contributed by atoms with Gasteiger partial charge in [0.1, 0.15) is 0 Å². The first kappa shape index (κ1) is 24.1. The van der Waals surface area contributed by atoms with Gasteiger partial charge in [0.25, 0.3) is 0 Å². The van der Waals surface area contributed by atoms with Crippen LogP contribution in [0.15, 0.2) is 0 Å². The summed E-state index contributed by atoms with van der Waals surface area (Å²) in [4.78, 5) is 28.5. The van der Waals surface area contributed by atoms with Crippen LogP contribution in [0.2, 0.25) is 0 Å². The van der Waals surface area contributed by atoms with Crippen LogP contribution >= 0.6 is 12.4 Å². The number of hydrogen-bond acceptors (Lipinski definition) is 5. The number of piperazine rings is 1. The summed E-state index contributed by atoms with van der Waals surface area (Å²) in [6, 6.07) is -0.615. The van der Waals surface area contributed by atoms with Gasteiger partial charge in [-0.15, -0.1) is 12.4 Å².